The summed E-state index contributed by atoms with van der Waals surface area (Å²) >= 11 is 28.7. The van der Waals surface area contributed by atoms with Gasteiger partial charge in [0.15, 0.2) is 0 Å². The zero-order chi connectivity index (χ0) is 14.2. The van der Waals surface area contributed by atoms with E-state index in [1.54, 1.807) is 0 Å². The van der Waals surface area contributed by atoms with Crippen LogP contribution in [-0.2, 0) is 0 Å². The van der Waals surface area contributed by atoms with E-state index in [0.717, 1.165) is 46.0 Å². The van der Waals surface area contributed by atoms with E-state index in [-0.39, 0.29) is 0 Å². The molecule has 0 spiro atoms. The normalized spacial score (nSPS) is 10.7. The third-order valence-electron chi connectivity index (χ3n) is 1.70. The van der Waals surface area contributed by atoms with Gasteiger partial charge in [-0.2, -0.15) is 99.3 Å². The molecule has 0 heterocycles. The molecule has 0 aliphatic heterocycles. The Kier molecular flexibility index (Phi) is 25.4. The molecule has 112 valence electrons. The number of thiol groups is 6. The third-order valence-corrected chi connectivity index (χ3v) is 8.00. The van der Waals surface area contributed by atoms with Crippen molar-refractivity contribution in [3.63, 3.8) is 0 Å². The molecule has 0 aromatic rings. The Bertz CT molecular complexity index is 122. The van der Waals surface area contributed by atoms with Gasteiger partial charge in [-0.15, -0.1) is 0 Å². The highest BCUT2D eigenvalue weighted by Crippen LogP contribution is 2.14. The van der Waals surface area contributed by atoms with Crippen molar-refractivity contribution in [1.82, 2.24) is 0 Å². The molecule has 0 radical (unpaired) electrons. The summed E-state index contributed by atoms with van der Waals surface area (Å²) in [4.78, 5) is 0. The fourth-order valence-corrected chi connectivity index (χ4v) is 4.89. The lowest BCUT2D eigenvalue weighted by Gasteiger charge is -2.08. The Morgan fingerprint density at radius 1 is 0.556 bits per heavy atom. The summed E-state index contributed by atoms with van der Waals surface area (Å²) < 4.78 is 0. The Balaban J connectivity index is 0. The number of hydrogen-bond acceptors (Lipinski definition) is 8. The Labute approximate surface area is 154 Å². The SMILES string of the molecule is SCCSC(CS)CS.SCCSC(CS)CS. The lowest BCUT2D eigenvalue weighted by Crippen LogP contribution is -2.07. The summed E-state index contributed by atoms with van der Waals surface area (Å²) in [6.07, 6.45) is 0. The molecular formula is C10H24S8. The highest BCUT2D eigenvalue weighted by atomic mass is 32.2. The summed E-state index contributed by atoms with van der Waals surface area (Å²) in [5.74, 6) is 7.78. The molecule has 0 aliphatic carbocycles. The van der Waals surface area contributed by atoms with Crippen molar-refractivity contribution in [2.24, 2.45) is 0 Å². The van der Waals surface area contributed by atoms with Crippen molar-refractivity contribution >= 4 is 99.3 Å². The highest BCUT2D eigenvalue weighted by molar-refractivity contribution is 8.02. The molecule has 8 heteroatoms. The van der Waals surface area contributed by atoms with Gasteiger partial charge in [0.2, 0.25) is 0 Å². The molecule has 0 bridgehead atoms. The largest absolute Gasteiger partial charge is 0.179 e. The van der Waals surface area contributed by atoms with Gasteiger partial charge in [0.25, 0.3) is 0 Å². The molecular weight excluding hydrogens is 377 g/mol. The van der Waals surface area contributed by atoms with Gasteiger partial charge in [-0.3, -0.25) is 0 Å². The molecule has 0 fully saturated rings. The Morgan fingerprint density at radius 2 is 0.833 bits per heavy atom. The second-order valence-corrected chi connectivity index (χ2v) is 8.33. The minimum absolute atomic E-state index is 0.601. The van der Waals surface area contributed by atoms with Crippen LogP contribution >= 0.6 is 99.3 Å². The minimum Gasteiger partial charge on any atom is -0.179 e. The summed E-state index contributed by atoms with van der Waals surface area (Å²) in [6.45, 7) is 0. The van der Waals surface area contributed by atoms with Crippen LogP contribution in [0.15, 0.2) is 0 Å². The van der Waals surface area contributed by atoms with Crippen LogP contribution in [0.3, 0.4) is 0 Å². The fraction of sp³-hybridized carbons (Fsp3) is 1.00. The van der Waals surface area contributed by atoms with E-state index in [4.69, 9.17) is 0 Å². The first-order valence-electron chi connectivity index (χ1n) is 5.58. The molecule has 0 aliphatic rings. The van der Waals surface area contributed by atoms with Crippen LogP contribution in [0, 0.1) is 0 Å². The molecule has 0 aromatic carbocycles. The average molecular weight is 401 g/mol. The topological polar surface area (TPSA) is 0 Å². The maximum Gasteiger partial charge on any atom is 0.0224 e. The highest BCUT2D eigenvalue weighted by Gasteiger charge is 2.02. The third kappa shape index (κ3) is 16.9. The zero-order valence-corrected chi connectivity index (χ0v) is 17.3. The van der Waals surface area contributed by atoms with Crippen molar-refractivity contribution in [3.8, 4) is 0 Å². The van der Waals surface area contributed by atoms with Gasteiger partial charge < -0.3 is 0 Å². The molecule has 0 amide bonds. The number of thioether (sulfide) groups is 2. The fourth-order valence-electron chi connectivity index (χ4n) is 0.765. The molecule has 0 saturated carbocycles. The molecule has 18 heavy (non-hydrogen) atoms. The van der Waals surface area contributed by atoms with Gasteiger partial charge in [0.1, 0.15) is 0 Å². The number of hydrogen-bond donors (Lipinski definition) is 6. The monoisotopic (exact) mass is 400 g/mol. The van der Waals surface area contributed by atoms with Crippen molar-refractivity contribution in [3.05, 3.63) is 0 Å². The van der Waals surface area contributed by atoms with Crippen molar-refractivity contribution in [1.29, 1.82) is 0 Å². The van der Waals surface area contributed by atoms with Crippen LogP contribution in [-0.4, -0.2) is 56.5 Å². The molecule has 0 atom stereocenters. The van der Waals surface area contributed by atoms with Crippen molar-refractivity contribution in [2.75, 3.05) is 46.0 Å². The first-order valence-corrected chi connectivity index (χ1v) is 11.5. The van der Waals surface area contributed by atoms with E-state index in [9.17, 15) is 0 Å². The molecule has 0 unspecified atom stereocenters. The van der Waals surface area contributed by atoms with E-state index < -0.39 is 0 Å². The second-order valence-electron chi connectivity index (χ2n) is 3.16. The minimum atomic E-state index is 0.601. The van der Waals surface area contributed by atoms with Gasteiger partial charge in [0, 0.05) is 45.0 Å². The van der Waals surface area contributed by atoms with Crippen LogP contribution in [0.25, 0.3) is 0 Å². The summed E-state index contributed by atoms with van der Waals surface area (Å²) in [5.41, 5.74) is 0. The zero-order valence-electron chi connectivity index (χ0n) is 10.3. The van der Waals surface area contributed by atoms with E-state index in [0.29, 0.717) is 10.5 Å². The summed E-state index contributed by atoms with van der Waals surface area (Å²) in [5, 5.41) is 1.20. The van der Waals surface area contributed by atoms with Crippen molar-refractivity contribution < 1.29 is 0 Å². The summed E-state index contributed by atoms with van der Waals surface area (Å²) in [7, 11) is 0. The lowest BCUT2D eigenvalue weighted by atomic mass is 10.5. The maximum atomic E-state index is 4.17. The Morgan fingerprint density at radius 3 is 1.00 bits per heavy atom. The molecule has 0 saturated heterocycles. The molecule has 0 nitrogen and oxygen atoms in total. The van der Waals surface area contributed by atoms with Crippen LogP contribution in [0.4, 0.5) is 0 Å². The Hall–Kier alpha value is 2.80. The van der Waals surface area contributed by atoms with Crippen LogP contribution in [0.1, 0.15) is 0 Å². The van der Waals surface area contributed by atoms with Gasteiger partial charge in [-0.05, 0) is 11.5 Å². The molecule has 0 rings (SSSR count). The summed E-state index contributed by atoms with van der Waals surface area (Å²) in [6, 6.07) is 0. The van der Waals surface area contributed by atoms with Gasteiger partial charge in [0.05, 0.1) is 0 Å². The number of rotatable bonds is 10. The predicted octanol–water partition coefficient (Wildman–Crippen LogP) is 3.76. The molecule has 0 N–H and O–H groups in total. The maximum absolute atomic E-state index is 4.17. The van der Waals surface area contributed by atoms with Crippen molar-refractivity contribution in [2.45, 2.75) is 10.5 Å². The van der Waals surface area contributed by atoms with E-state index in [2.05, 4.69) is 75.8 Å². The smallest absolute Gasteiger partial charge is 0.0224 e. The van der Waals surface area contributed by atoms with Gasteiger partial charge in [-0.25, -0.2) is 0 Å². The predicted molar refractivity (Wildman–Crippen MR) is 116 cm³/mol. The average Bonchev–Trinajstić information content (AvgIpc) is 2.42. The van der Waals surface area contributed by atoms with Crippen LogP contribution in [0.2, 0.25) is 0 Å². The first kappa shape index (κ1) is 23.1. The van der Waals surface area contributed by atoms with E-state index in [1.165, 1.54) is 0 Å². The standard InChI is InChI=1S/2C5H12S4/c2*6-1-2-9-5(3-7)4-8/h2*5-8H,1-4H2. The van der Waals surface area contributed by atoms with E-state index in [1.807, 2.05) is 23.5 Å². The van der Waals surface area contributed by atoms with Crippen LogP contribution < -0.4 is 0 Å². The van der Waals surface area contributed by atoms with E-state index >= 15 is 0 Å². The molecule has 0 aromatic heterocycles. The first-order chi connectivity index (χ1) is 8.69. The van der Waals surface area contributed by atoms with Gasteiger partial charge in [-0.1, -0.05) is 0 Å². The lowest BCUT2D eigenvalue weighted by molar-refractivity contribution is 1.16. The second kappa shape index (κ2) is 19.8. The quantitative estimate of drug-likeness (QED) is 0.309. The van der Waals surface area contributed by atoms with Crippen LogP contribution in [0.5, 0.6) is 0 Å². The van der Waals surface area contributed by atoms with Gasteiger partial charge >= 0.3 is 0 Å².